The molecule has 29 heavy (non-hydrogen) atoms. The lowest BCUT2D eigenvalue weighted by Gasteiger charge is -2.57. The summed E-state index contributed by atoms with van der Waals surface area (Å²) in [6.45, 7) is 4.05. The van der Waals surface area contributed by atoms with Crippen molar-refractivity contribution in [2.45, 2.75) is 57.8 Å². The Kier molecular flexibility index (Phi) is 4.64. The van der Waals surface area contributed by atoms with Gasteiger partial charge in [-0.15, -0.1) is 0 Å². The zero-order valence-electron chi connectivity index (χ0n) is 17.5. The molecule has 1 amide bonds. The van der Waals surface area contributed by atoms with Gasteiger partial charge in [-0.3, -0.25) is 4.79 Å². The average molecular weight is 390 g/mol. The Morgan fingerprint density at radius 3 is 2.21 bits per heavy atom. The summed E-state index contributed by atoms with van der Waals surface area (Å²) in [4.78, 5) is 12.4. The summed E-state index contributed by atoms with van der Waals surface area (Å²) in [6.07, 6.45) is 8.51. The molecule has 152 valence electrons. The van der Waals surface area contributed by atoms with E-state index in [4.69, 9.17) is 4.74 Å². The number of ether oxygens (including phenoxy) is 1. The minimum atomic E-state index is -0.117. The van der Waals surface area contributed by atoms with Crippen molar-refractivity contribution >= 4 is 11.6 Å². The second kappa shape index (κ2) is 7.19. The zero-order valence-corrected chi connectivity index (χ0v) is 17.5. The summed E-state index contributed by atoms with van der Waals surface area (Å²) in [5.41, 5.74) is 4.92. The number of rotatable bonds is 5. The van der Waals surface area contributed by atoms with Gasteiger partial charge < -0.3 is 10.1 Å². The molecule has 0 radical (unpaired) electrons. The van der Waals surface area contributed by atoms with Crippen LogP contribution in [-0.4, -0.2) is 12.5 Å². The number of hydrogen-bond donors (Lipinski definition) is 1. The van der Waals surface area contributed by atoms with E-state index < -0.39 is 0 Å². The third kappa shape index (κ3) is 3.68. The number of nitrogens with one attached hydrogen (secondary N) is 1. The van der Waals surface area contributed by atoms with E-state index in [0.717, 1.165) is 40.3 Å². The van der Waals surface area contributed by atoms with E-state index in [9.17, 15) is 4.79 Å². The van der Waals surface area contributed by atoms with E-state index in [2.05, 4.69) is 29.6 Å². The number of carbonyl (C=O) groups excluding carboxylic acids is 1. The second-order valence-corrected chi connectivity index (χ2v) is 9.88. The Balaban J connectivity index is 1.22. The first-order valence-corrected chi connectivity index (χ1v) is 11.1. The first-order valence-electron chi connectivity index (χ1n) is 11.1. The van der Waals surface area contributed by atoms with Crippen LogP contribution in [0.3, 0.4) is 0 Å². The van der Waals surface area contributed by atoms with Gasteiger partial charge in [-0.1, -0.05) is 24.3 Å². The average Bonchev–Trinajstić information content (AvgIpc) is 2.68. The highest BCUT2D eigenvalue weighted by molar-refractivity contribution is 5.91. The van der Waals surface area contributed by atoms with Crippen molar-refractivity contribution in [3.8, 4) is 5.75 Å². The number of aryl methyl sites for hydroxylation is 2. The van der Waals surface area contributed by atoms with Crippen LogP contribution < -0.4 is 10.1 Å². The zero-order chi connectivity index (χ0) is 20.0. The Labute approximate surface area is 173 Å². The Hall–Kier alpha value is -2.29. The molecule has 0 atom stereocenters. The van der Waals surface area contributed by atoms with Gasteiger partial charge >= 0.3 is 0 Å². The van der Waals surface area contributed by atoms with Crippen LogP contribution >= 0.6 is 0 Å². The third-order valence-electron chi connectivity index (χ3n) is 7.52. The SMILES string of the molecule is Cc1ccc(C)c(OCC(=O)Nc2ccc(C34CC5CC(CC(C5)C3)C4)cc2)c1. The van der Waals surface area contributed by atoms with E-state index in [1.807, 2.05) is 32.0 Å². The quantitative estimate of drug-likeness (QED) is 0.703. The first-order chi connectivity index (χ1) is 14.0. The summed E-state index contributed by atoms with van der Waals surface area (Å²) in [7, 11) is 0. The number of hydrogen-bond acceptors (Lipinski definition) is 2. The molecule has 4 aliphatic carbocycles. The van der Waals surface area contributed by atoms with Gasteiger partial charge in [0.25, 0.3) is 5.91 Å². The smallest absolute Gasteiger partial charge is 0.262 e. The molecule has 3 nitrogen and oxygen atoms in total. The van der Waals surface area contributed by atoms with Gasteiger partial charge in [-0.25, -0.2) is 0 Å². The molecule has 2 aromatic carbocycles. The molecule has 4 aliphatic rings. The minimum absolute atomic E-state index is 0.0288. The molecule has 4 fully saturated rings. The minimum Gasteiger partial charge on any atom is -0.483 e. The maximum Gasteiger partial charge on any atom is 0.262 e. The van der Waals surface area contributed by atoms with Gasteiger partial charge in [0.15, 0.2) is 6.61 Å². The molecule has 4 bridgehead atoms. The molecule has 6 rings (SSSR count). The van der Waals surface area contributed by atoms with E-state index in [0.29, 0.717) is 5.41 Å². The molecule has 3 heteroatoms. The van der Waals surface area contributed by atoms with Gasteiger partial charge in [0.1, 0.15) is 5.75 Å². The molecule has 0 heterocycles. The number of carbonyl (C=O) groups is 1. The van der Waals surface area contributed by atoms with Crippen LogP contribution in [0.2, 0.25) is 0 Å². The fraction of sp³-hybridized carbons (Fsp3) is 0.500. The van der Waals surface area contributed by atoms with Crippen molar-refractivity contribution in [2.24, 2.45) is 17.8 Å². The highest BCUT2D eigenvalue weighted by Crippen LogP contribution is 2.60. The van der Waals surface area contributed by atoms with Gasteiger partial charge in [0.05, 0.1) is 0 Å². The third-order valence-corrected chi connectivity index (χ3v) is 7.52. The molecule has 0 saturated heterocycles. The predicted molar refractivity (Wildman–Crippen MR) is 116 cm³/mol. The van der Waals surface area contributed by atoms with E-state index in [-0.39, 0.29) is 12.5 Å². The molecule has 0 spiro atoms. The summed E-state index contributed by atoms with van der Waals surface area (Å²) < 4.78 is 5.73. The van der Waals surface area contributed by atoms with Crippen LogP contribution in [0.25, 0.3) is 0 Å². The molecule has 4 saturated carbocycles. The molecule has 0 unspecified atom stereocenters. The van der Waals surface area contributed by atoms with Crippen molar-refractivity contribution in [1.82, 2.24) is 0 Å². The number of anilines is 1. The highest BCUT2D eigenvalue weighted by atomic mass is 16.5. The number of amides is 1. The van der Waals surface area contributed by atoms with E-state index in [1.165, 1.54) is 44.1 Å². The maximum absolute atomic E-state index is 12.4. The standard InChI is InChI=1S/C26H31NO2/c1-17-3-4-18(2)24(9-17)29-16-25(28)27-23-7-5-22(6-8-23)26-13-19-10-20(14-26)12-21(11-19)15-26/h3-9,19-21H,10-16H2,1-2H3,(H,27,28). The lowest BCUT2D eigenvalue weighted by Crippen LogP contribution is -2.48. The van der Waals surface area contributed by atoms with Crippen molar-refractivity contribution in [3.05, 3.63) is 59.2 Å². The Morgan fingerprint density at radius 2 is 1.59 bits per heavy atom. The van der Waals surface area contributed by atoms with Crippen molar-refractivity contribution in [1.29, 1.82) is 0 Å². The van der Waals surface area contributed by atoms with Crippen molar-refractivity contribution < 1.29 is 9.53 Å². The van der Waals surface area contributed by atoms with Crippen molar-refractivity contribution in [2.75, 3.05) is 11.9 Å². The Morgan fingerprint density at radius 1 is 0.966 bits per heavy atom. The summed E-state index contributed by atoms with van der Waals surface area (Å²) in [6, 6.07) is 14.7. The van der Waals surface area contributed by atoms with E-state index in [1.54, 1.807) is 0 Å². The fourth-order valence-corrected chi connectivity index (χ4v) is 6.57. The van der Waals surface area contributed by atoms with Crippen LogP contribution in [0.4, 0.5) is 5.69 Å². The van der Waals surface area contributed by atoms with Crippen LogP contribution in [0.5, 0.6) is 5.75 Å². The van der Waals surface area contributed by atoms with Crippen LogP contribution in [0, 0.1) is 31.6 Å². The fourth-order valence-electron chi connectivity index (χ4n) is 6.57. The summed E-state index contributed by atoms with van der Waals surface area (Å²) >= 11 is 0. The molecular weight excluding hydrogens is 358 g/mol. The van der Waals surface area contributed by atoms with Crippen LogP contribution in [0.1, 0.15) is 55.2 Å². The van der Waals surface area contributed by atoms with Crippen LogP contribution in [0.15, 0.2) is 42.5 Å². The lowest BCUT2D eigenvalue weighted by atomic mass is 9.48. The van der Waals surface area contributed by atoms with Gasteiger partial charge in [0.2, 0.25) is 0 Å². The highest BCUT2D eigenvalue weighted by Gasteiger charge is 2.51. The van der Waals surface area contributed by atoms with Crippen molar-refractivity contribution in [3.63, 3.8) is 0 Å². The topological polar surface area (TPSA) is 38.3 Å². The largest absolute Gasteiger partial charge is 0.483 e. The molecule has 2 aromatic rings. The predicted octanol–water partition coefficient (Wildman–Crippen LogP) is 5.79. The second-order valence-electron chi connectivity index (χ2n) is 9.88. The first kappa shape index (κ1) is 18.7. The summed E-state index contributed by atoms with van der Waals surface area (Å²) in [5, 5.41) is 2.98. The molecular formula is C26H31NO2. The van der Waals surface area contributed by atoms with Crippen LogP contribution in [-0.2, 0) is 10.2 Å². The molecule has 1 N–H and O–H groups in total. The molecule has 0 aromatic heterocycles. The summed E-state index contributed by atoms with van der Waals surface area (Å²) in [5.74, 6) is 3.50. The Bertz CT molecular complexity index is 880. The normalized spacial score (nSPS) is 29.7. The van der Waals surface area contributed by atoms with E-state index >= 15 is 0 Å². The van der Waals surface area contributed by atoms with Gasteiger partial charge in [-0.05, 0) is 110 Å². The van der Waals surface area contributed by atoms with Gasteiger partial charge in [-0.2, -0.15) is 0 Å². The lowest BCUT2D eigenvalue weighted by molar-refractivity contribution is -0.118. The maximum atomic E-state index is 12.4. The number of benzene rings is 2. The molecule has 0 aliphatic heterocycles. The monoisotopic (exact) mass is 389 g/mol. The van der Waals surface area contributed by atoms with Gasteiger partial charge in [0, 0.05) is 5.69 Å².